The molecule has 0 aliphatic heterocycles. The van der Waals surface area contributed by atoms with Crippen LogP contribution in [0.1, 0.15) is 23.7 Å². The summed E-state index contributed by atoms with van der Waals surface area (Å²) in [6.07, 6.45) is 0. The van der Waals surface area contributed by atoms with Crippen molar-refractivity contribution in [3.63, 3.8) is 0 Å². The summed E-state index contributed by atoms with van der Waals surface area (Å²) in [6, 6.07) is 5.95. The molecule has 1 aromatic carbocycles. The second kappa shape index (κ2) is 5.44. The predicted molar refractivity (Wildman–Crippen MR) is 72.1 cm³/mol. The summed E-state index contributed by atoms with van der Waals surface area (Å²) in [4.78, 5) is 0. The molecule has 0 bridgehead atoms. The summed E-state index contributed by atoms with van der Waals surface area (Å²) in [7, 11) is 0. The van der Waals surface area contributed by atoms with Crippen molar-refractivity contribution in [3.05, 3.63) is 35.0 Å². The maximum Gasteiger partial charge on any atom is 0.167 e. The van der Waals surface area contributed by atoms with Gasteiger partial charge in [0, 0.05) is 11.6 Å². The Morgan fingerprint density at radius 3 is 2.61 bits per heavy atom. The molecule has 0 N–H and O–H groups in total. The molecule has 96 valence electrons. The van der Waals surface area contributed by atoms with Crippen molar-refractivity contribution in [2.75, 3.05) is 6.61 Å². The van der Waals surface area contributed by atoms with E-state index in [1.807, 2.05) is 32.9 Å². The van der Waals surface area contributed by atoms with E-state index in [0.717, 1.165) is 33.9 Å². The van der Waals surface area contributed by atoms with E-state index in [1.54, 1.807) is 0 Å². The molecule has 0 atom stereocenters. The molecular formula is C14H16ClNO2. The number of alkyl halides is 1. The van der Waals surface area contributed by atoms with Crippen molar-refractivity contribution in [1.82, 2.24) is 5.16 Å². The topological polar surface area (TPSA) is 35.3 Å². The highest BCUT2D eigenvalue weighted by Gasteiger charge is 2.11. The van der Waals surface area contributed by atoms with Gasteiger partial charge in [0.25, 0.3) is 0 Å². The number of hydrogen-bond acceptors (Lipinski definition) is 3. The average Bonchev–Trinajstić information content (AvgIpc) is 2.82. The lowest BCUT2D eigenvalue weighted by Gasteiger charge is -2.10. The van der Waals surface area contributed by atoms with E-state index in [-0.39, 0.29) is 0 Å². The van der Waals surface area contributed by atoms with E-state index >= 15 is 0 Å². The lowest BCUT2D eigenvalue weighted by Crippen LogP contribution is -1.95. The molecule has 0 saturated heterocycles. The van der Waals surface area contributed by atoms with Crippen LogP contribution in [-0.2, 0) is 5.88 Å². The van der Waals surface area contributed by atoms with E-state index < -0.39 is 0 Å². The van der Waals surface area contributed by atoms with Gasteiger partial charge in [-0.25, -0.2) is 0 Å². The molecule has 3 nitrogen and oxygen atoms in total. The van der Waals surface area contributed by atoms with Crippen LogP contribution in [0.5, 0.6) is 5.75 Å². The standard InChI is InChI=1S/C14H16ClNO2/c1-4-17-13-6-9(2)12(5-10(13)3)14-7-11(8-15)16-18-14/h5-7H,4,8H2,1-3H3. The zero-order chi connectivity index (χ0) is 13.1. The fourth-order valence-corrected chi connectivity index (χ4v) is 1.99. The lowest BCUT2D eigenvalue weighted by atomic mass is 10.0. The monoisotopic (exact) mass is 265 g/mol. The molecule has 0 saturated carbocycles. The first-order valence-corrected chi connectivity index (χ1v) is 6.45. The van der Waals surface area contributed by atoms with Crippen LogP contribution in [0.3, 0.4) is 0 Å². The van der Waals surface area contributed by atoms with Crippen LogP contribution < -0.4 is 4.74 Å². The van der Waals surface area contributed by atoms with Gasteiger partial charge >= 0.3 is 0 Å². The van der Waals surface area contributed by atoms with Gasteiger partial charge in [-0.15, -0.1) is 11.6 Å². The van der Waals surface area contributed by atoms with Gasteiger partial charge in [-0.05, 0) is 44.0 Å². The third kappa shape index (κ3) is 2.51. The van der Waals surface area contributed by atoms with Gasteiger partial charge in [0.2, 0.25) is 0 Å². The highest BCUT2D eigenvalue weighted by atomic mass is 35.5. The molecule has 0 amide bonds. The fourth-order valence-electron chi connectivity index (χ4n) is 1.87. The molecule has 0 unspecified atom stereocenters. The van der Waals surface area contributed by atoms with E-state index in [4.69, 9.17) is 20.9 Å². The van der Waals surface area contributed by atoms with Crippen LogP contribution in [-0.4, -0.2) is 11.8 Å². The molecule has 2 rings (SSSR count). The van der Waals surface area contributed by atoms with E-state index in [1.165, 1.54) is 0 Å². The second-order valence-electron chi connectivity index (χ2n) is 4.18. The average molecular weight is 266 g/mol. The highest BCUT2D eigenvalue weighted by molar-refractivity contribution is 6.16. The first-order chi connectivity index (χ1) is 8.65. The van der Waals surface area contributed by atoms with E-state index in [2.05, 4.69) is 11.2 Å². The molecule has 1 aromatic heterocycles. The third-order valence-corrected chi connectivity index (χ3v) is 3.06. The summed E-state index contributed by atoms with van der Waals surface area (Å²) in [5.41, 5.74) is 3.96. The smallest absolute Gasteiger partial charge is 0.167 e. The third-order valence-electron chi connectivity index (χ3n) is 2.78. The summed E-state index contributed by atoms with van der Waals surface area (Å²) < 4.78 is 10.9. The summed E-state index contributed by atoms with van der Waals surface area (Å²) >= 11 is 5.72. The summed E-state index contributed by atoms with van der Waals surface area (Å²) in [6.45, 7) is 6.69. The number of benzene rings is 1. The molecule has 2 aromatic rings. The van der Waals surface area contributed by atoms with Crippen molar-refractivity contribution in [1.29, 1.82) is 0 Å². The van der Waals surface area contributed by atoms with Crippen LogP contribution in [0.25, 0.3) is 11.3 Å². The number of halogens is 1. The Labute approximate surface area is 112 Å². The summed E-state index contributed by atoms with van der Waals surface area (Å²) in [5, 5.41) is 3.90. The Bertz CT molecular complexity index is 549. The van der Waals surface area contributed by atoms with Gasteiger partial charge in [0.15, 0.2) is 5.76 Å². The Kier molecular flexibility index (Phi) is 3.92. The first-order valence-electron chi connectivity index (χ1n) is 5.91. The number of nitrogens with zero attached hydrogens (tertiary/aromatic N) is 1. The number of aromatic nitrogens is 1. The minimum Gasteiger partial charge on any atom is -0.494 e. The van der Waals surface area contributed by atoms with Gasteiger partial charge in [-0.2, -0.15) is 0 Å². The van der Waals surface area contributed by atoms with E-state index in [0.29, 0.717) is 12.5 Å². The Morgan fingerprint density at radius 2 is 2.00 bits per heavy atom. The van der Waals surface area contributed by atoms with Gasteiger partial charge < -0.3 is 9.26 Å². The Morgan fingerprint density at radius 1 is 1.22 bits per heavy atom. The number of aryl methyl sites for hydroxylation is 2. The number of hydrogen-bond donors (Lipinski definition) is 0. The molecular weight excluding hydrogens is 250 g/mol. The van der Waals surface area contributed by atoms with Crippen LogP contribution in [0.2, 0.25) is 0 Å². The zero-order valence-electron chi connectivity index (χ0n) is 10.8. The van der Waals surface area contributed by atoms with Crippen LogP contribution >= 0.6 is 11.6 Å². The molecule has 1 heterocycles. The molecule has 0 fully saturated rings. The molecule has 0 aliphatic carbocycles. The summed E-state index contributed by atoms with van der Waals surface area (Å²) in [5.74, 6) is 2.02. The Hall–Kier alpha value is -1.48. The number of rotatable bonds is 4. The Balaban J connectivity index is 2.42. The molecule has 0 aliphatic rings. The van der Waals surface area contributed by atoms with Crippen LogP contribution in [0, 0.1) is 13.8 Å². The molecule has 0 spiro atoms. The molecule has 4 heteroatoms. The molecule has 0 radical (unpaired) electrons. The predicted octanol–water partition coefficient (Wildman–Crippen LogP) is 4.10. The maximum atomic E-state index is 5.72. The van der Waals surface area contributed by atoms with Crippen molar-refractivity contribution in [2.45, 2.75) is 26.7 Å². The minimum atomic E-state index is 0.360. The fraction of sp³-hybridized carbons (Fsp3) is 0.357. The SMILES string of the molecule is CCOc1cc(C)c(-c2cc(CCl)no2)cc1C. The van der Waals surface area contributed by atoms with Gasteiger partial charge in [0.05, 0.1) is 18.2 Å². The zero-order valence-corrected chi connectivity index (χ0v) is 11.5. The normalized spacial score (nSPS) is 10.7. The van der Waals surface area contributed by atoms with Gasteiger partial charge in [-0.1, -0.05) is 5.16 Å². The van der Waals surface area contributed by atoms with Gasteiger partial charge in [0.1, 0.15) is 5.75 Å². The molecule has 18 heavy (non-hydrogen) atoms. The van der Waals surface area contributed by atoms with Crippen LogP contribution in [0.15, 0.2) is 22.7 Å². The first kappa shape index (κ1) is 13.0. The lowest BCUT2D eigenvalue weighted by molar-refractivity contribution is 0.337. The van der Waals surface area contributed by atoms with E-state index in [9.17, 15) is 0 Å². The van der Waals surface area contributed by atoms with Gasteiger partial charge in [-0.3, -0.25) is 0 Å². The highest BCUT2D eigenvalue weighted by Crippen LogP contribution is 2.30. The van der Waals surface area contributed by atoms with Crippen molar-refractivity contribution >= 4 is 11.6 Å². The number of ether oxygens (including phenoxy) is 1. The quantitative estimate of drug-likeness (QED) is 0.781. The van der Waals surface area contributed by atoms with Crippen molar-refractivity contribution in [3.8, 4) is 17.1 Å². The second-order valence-corrected chi connectivity index (χ2v) is 4.45. The van der Waals surface area contributed by atoms with Crippen LogP contribution in [0.4, 0.5) is 0 Å². The van der Waals surface area contributed by atoms with Crippen molar-refractivity contribution in [2.24, 2.45) is 0 Å². The minimum absolute atomic E-state index is 0.360. The van der Waals surface area contributed by atoms with Crippen molar-refractivity contribution < 1.29 is 9.26 Å². The largest absolute Gasteiger partial charge is 0.494 e. The maximum absolute atomic E-state index is 5.72.